The summed E-state index contributed by atoms with van der Waals surface area (Å²) >= 11 is 5.52. The normalized spacial score (nSPS) is 15.3. The Morgan fingerprint density at radius 1 is 1.12 bits per heavy atom. The number of allylic oxidation sites excluding steroid dienone is 4. The summed E-state index contributed by atoms with van der Waals surface area (Å²) in [6.45, 7) is 10.8. The standard InChI is InChI=1S/C22H22S3/c1-5-19(24-17(4)18-9-7-6-8-10-18)20-13-14-22(25-20)21-12-11-15(2)16(3)23-21/h5-10,12-14H,4,11H2,1-3H3. The van der Waals surface area contributed by atoms with Gasteiger partial charge in [-0.05, 0) is 49.8 Å². The van der Waals surface area contributed by atoms with Gasteiger partial charge in [0.15, 0.2) is 0 Å². The van der Waals surface area contributed by atoms with Crippen LogP contribution in [0, 0.1) is 0 Å². The molecular weight excluding hydrogens is 360 g/mol. The molecule has 0 unspecified atom stereocenters. The van der Waals surface area contributed by atoms with Crippen LogP contribution in [0.3, 0.4) is 0 Å². The molecule has 0 saturated heterocycles. The molecule has 0 bridgehead atoms. The maximum Gasteiger partial charge on any atom is 0.0413 e. The minimum Gasteiger partial charge on any atom is -0.134 e. The van der Waals surface area contributed by atoms with Crippen LogP contribution in [-0.2, 0) is 0 Å². The third kappa shape index (κ3) is 4.41. The molecule has 128 valence electrons. The van der Waals surface area contributed by atoms with Crippen LogP contribution in [0.2, 0.25) is 0 Å². The Labute approximate surface area is 163 Å². The summed E-state index contributed by atoms with van der Waals surface area (Å²) in [4.78, 5) is 7.86. The Balaban J connectivity index is 1.75. The molecule has 0 saturated carbocycles. The number of hydrogen-bond acceptors (Lipinski definition) is 3. The van der Waals surface area contributed by atoms with E-state index in [0.717, 1.165) is 11.3 Å². The average molecular weight is 383 g/mol. The van der Waals surface area contributed by atoms with Gasteiger partial charge in [0.05, 0.1) is 0 Å². The van der Waals surface area contributed by atoms with E-state index in [4.69, 9.17) is 0 Å². The van der Waals surface area contributed by atoms with E-state index < -0.39 is 0 Å². The largest absolute Gasteiger partial charge is 0.134 e. The van der Waals surface area contributed by atoms with Crippen molar-refractivity contribution in [2.45, 2.75) is 27.2 Å². The van der Waals surface area contributed by atoms with Crippen LogP contribution < -0.4 is 0 Å². The number of hydrogen-bond donors (Lipinski definition) is 0. The lowest BCUT2D eigenvalue weighted by Crippen LogP contribution is -1.87. The van der Waals surface area contributed by atoms with Crippen molar-refractivity contribution in [2.24, 2.45) is 0 Å². The second-order valence-electron chi connectivity index (χ2n) is 5.92. The van der Waals surface area contributed by atoms with E-state index >= 15 is 0 Å². The van der Waals surface area contributed by atoms with Crippen LogP contribution in [0.15, 0.2) is 71.7 Å². The van der Waals surface area contributed by atoms with Gasteiger partial charge in [-0.15, -0.1) is 11.3 Å². The van der Waals surface area contributed by atoms with Gasteiger partial charge in [-0.2, -0.15) is 0 Å². The van der Waals surface area contributed by atoms with Crippen molar-refractivity contribution in [3.8, 4) is 0 Å². The Hall–Kier alpha value is -1.42. The number of benzene rings is 1. The zero-order valence-corrected chi connectivity index (χ0v) is 17.3. The lowest BCUT2D eigenvalue weighted by Gasteiger charge is -2.14. The first-order chi connectivity index (χ1) is 12.1. The highest BCUT2D eigenvalue weighted by Crippen LogP contribution is 2.45. The van der Waals surface area contributed by atoms with Gasteiger partial charge in [-0.1, -0.05) is 78.2 Å². The topological polar surface area (TPSA) is 0 Å². The molecule has 0 amide bonds. The van der Waals surface area contributed by atoms with Gasteiger partial charge in [0.25, 0.3) is 0 Å². The van der Waals surface area contributed by atoms with Gasteiger partial charge >= 0.3 is 0 Å². The van der Waals surface area contributed by atoms with E-state index in [0.29, 0.717) is 0 Å². The maximum absolute atomic E-state index is 4.26. The van der Waals surface area contributed by atoms with Gasteiger partial charge in [0.1, 0.15) is 0 Å². The summed E-state index contributed by atoms with van der Waals surface area (Å²) in [5, 5.41) is 0. The Morgan fingerprint density at radius 3 is 2.56 bits per heavy atom. The van der Waals surface area contributed by atoms with Crippen molar-refractivity contribution >= 4 is 49.6 Å². The van der Waals surface area contributed by atoms with Gasteiger partial charge in [0, 0.05) is 24.5 Å². The molecule has 1 aromatic heterocycles. The Bertz CT molecular complexity index is 864. The summed E-state index contributed by atoms with van der Waals surface area (Å²) in [7, 11) is 0. The lowest BCUT2D eigenvalue weighted by molar-refractivity contribution is 1.19. The smallest absolute Gasteiger partial charge is 0.0413 e. The second-order valence-corrected chi connectivity index (χ2v) is 9.40. The van der Waals surface area contributed by atoms with Crippen molar-refractivity contribution in [2.75, 3.05) is 0 Å². The molecule has 1 aliphatic heterocycles. The van der Waals surface area contributed by atoms with Crippen LogP contribution in [-0.4, -0.2) is 0 Å². The minimum atomic E-state index is 1.07. The van der Waals surface area contributed by atoms with Crippen molar-refractivity contribution in [1.29, 1.82) is 0 Å². The predicted octanol–water partition coefficient (Wildman–Crippen LogP) is 8.28. The molecule has 0 N–H and O–H groups in total. The van der Waals surface area contributed by atoms with Crippen molar-refractivity contribution < 1.29 is 0 Å². The van der Waals surface area contributed by atoms with Crippen LogP contribution in [0.5, 0.6) is 0 Å². The molecule has 3 rings (SSSR count). The third-order valence-electron chi connectivity index (χ3n) is 4.14. The van der Waals surface area contributed by atoms with Crippen molar-refractivity contribution in [1.82, 2.24) is 0 Å². The molecule has 0 aliphatic carbocycles. The summed E-state index contributed by atoms with van der Waals surface area (Å²) in [6, 6.07) is 14.9. The molecule has 3 heteroatoms. The molecule has 0 radical (unpaired) electrons. The summed E-state index contributed by atoms with van der Waals surface area (Å²) in [5.74, 6) is 0. The molecule has 2 aromatic rings. The molecule has 25 heavy (non-hydrogen) atoms. The van der Waals surface area contributed by atoms with Crippen molar-refractivity contribution in [3.05, 3.63) is 87.0 Å². The average Bonchev–Trinajstić information content (AvgIpc) is 3.12. The molecule has 1 aliphatic rings. The second kappa shape index (κ2) is 8.31. The quantitative estimate of drug-likeness (QED) is 0.510. The van der Waals surface area contributed by atoms with Crippen LogP contribution >= 0.6 is 34.9 Å². The fraction of sp³-hybridized carbons (Fsp3) is 0.182. The first-order valence-electron chi connectivity index (χ1n) is 8.32. The first kappa shape index (κ1) is 18.4. The highest BCUT2D eigenvalue weighted by atomic mass is 32.2. The van der Waals surface area contributed by atoms with Gasteiger partial charge in [-0.25, -0.2) is 0 Å². The van der Waals surface area contributed by atoms with Gasteiger partial charge < -0.3 is 0 Å². The summed E-state index contributed by atoms with van der Waals surface area (Å²) < 4.78 is 0. The van der Waals surface area contributed by atoms with E-state index in [1.54, 1.807) is 11.8 Å². The van der Waals surface area contributed by atoms with E-state index in [2.05, 4.69) is 75.9 Å². The monoisotopic (exact) mass is 382 g/mol. The first-order valence-corrected chi connectivity index (χ1v) is 10.8. The van der Waals surface area contributed by atoms with E-state index in [-0.39, 0.29) is 0 Å². The fourth-order valence-corrected chi connectivity index (χ4v) is 5.64. The zero-order valence-electron chi connectivity index (χ0n) is 14.8. The van der Waals surface area contributed by atoms with Crippen LogP contribution in [0.4, 0.5) is 0 Å². The fourth-order valence-electron chi connectivity index (χ4n) is 2.50. The van der Waals surface area contributed by atoms with Gasteiger partial charge in [-0.3, -0.25) is 0 Å². The summed E-state index contributed by atoms with van der Waals surface area (Å²) in [5.41, 5.74) is 2.67. The van der Waals surface area contributed by atoms with Crippen LogP contribution in [0.25, 0.3) is 14.7 Å². The SMILES string of the molecule is C=C(SC(=CC)c1ccc(C2=CCC(C)=C(C)S2)s1)c1ccccc1. The predicted molar refractivity (Wildman–Crippen MR) is 120 cm³/mol. The molecule has 1 aromatic carbocycles. The highest BCUT2D eigenvalue weighted by molar-refractivity contribution is 8.16. The number of rotatable bonds is 5. The van der Waals surface area contributed by atoms with Crippen LogP contribution in [0.1, 0.15) is 42.5 Å². The number of thiophene rings is 1. The zero-order chi connectivity index (χ0) is 17.8. The molecule has 0 atom stereocenters. The Kier molecular flexibility index (Phi) is 6.10. The lowest BCUT2D eigenvalue weighted by atomic mass is 10.2. The molecule has 0 spiro atoms. The molecular formula is C22H22S3. The number of thioether (sulfide) groups is 2. The minimum absolute atomic E-state index is 1.07. The maximum atomic E-state index is 4.26. The summed E-state index contributed by atoms with van der Waals surface area (Å²) in [6.07, 6.45) is 5.61. The van der Waals surface area contributed by atoms with Gasteiger partial charge in [0.2, 0.25) is 0 Å². The molecule has 0 nitrogen and oxygen atoms in total. The van der Waals surface area contributed by atoms with E-state index in [1.807, 2.05) is 29.2 Å². The molecule has 2 heterocycles. The highest BCUT2D eigenvalue weighted by Gasteiger charge is 2.15. The van der Waals surface area contributed by atoms with Crippen molar-refractivity contribution in [3.63, 3.8) is 0 Å². The molecule has 0 fully saturated rings. The third-order valence-corrected chi connectivity index (χ3v) is 7.97. The van der Waals surface area contributed by atoms with E-state index in [1.165, 1.54) is 35.6 Å². The van der Waals surface area contributed by atoms with E-state index in [9.17, 15) is 0 Å². The Morgan fingerprint density at radius 2 is 1.88 bits per heavy atom.